The third-order valence-electron chi connectivity index (χ3n) is 7.93. The Hall–Kier alpha value is -5.98. The van der Waals surface area contributed by atoms with E-state index in [0.29, 0.717) is 16.9 Å². The number of hydrogen-bond donors (Lipinski definition) is 3. The molecular weight excluding hydrogens is 568 g/mol. The first-order valence-electron chi connectivity index (χ1n) is 15.2. The molecule has 0 aliphatic heterocycles. The van der Waals surface area contributed by atoms with Crippen LogP contribution in [0.4, 0.5) is 17.1 Å². The Morgan fingerprint density at radius 3 is 2.20 bits per heavy atom. The third kappa shape index (κ3) is 6.15. The van der Waals surface area contributed by atoms with Gasteiger partial charge < -0.3 is 10.1 Å². The molecule has 1 heterocycles. The number of nitrogens with one attached hydrogen (secondary N) is 2. The topological polar surface area (TPSA) is 82.0 Å². The average Bonchev–Trinajstić information content (AvgIpc) is 3.47. The number of H-pyrrole nitrogens is 1. The summed E-state index contributed by atoms with van der Waals surface area (Å²) in [5, 5.41) is 24.7. The maximum absolute atomic E-state index is 11.6. The quantitative estimate of drug-likeness (QED) is 0.0876. The van der Waals surface area contributed by atoms with Gasteiger partial charge in [-0.25, -0.2) is 0 Å². The smallest absolute Gasteiger partial charge is 0.149 e. The maximum Gasteiger partial charge on any atom is 0.149 e. The first-order valence-corrected chi connectivity index (χ1v) is 15.2. The van der Waals surface area contributed by atoms with E-state index in [0.717, 1.165) is 49.4 Å². The van der Waals surface area contributed by atoms with Gasteiger partial charge in [0.15, 0.2) is 0 Å². The number of azo groups is 1. The van der Waals surface area contributed by atoms with Crippen molar-refractivity contribution >= 4 is 61.8 Å². The fraction of sp³-hybridized carbons (Fsp3) is 0.0500. The number of aromatic hydroxyl groups is 1. The van der Waals surface area contributed by atoms with E-state index in [-0.39, 0.29) is 12.4 Å². The molecule has 224 valence electrons. The Bertz CT molecular complexity index is 2230. The molecule has 0 atom stereocenters. The molecular formula is C40H32N4O2. The van der Waals surface area contributed by atoms with E-state index in [9.17, 15) is 5.11 Å². The molecule has 7 rings (SSSR count). The molecule has 7 aromatic rings. The summed E-state index contributed by atoms with van der Waals surface area (Å²) in [6, 6.07) is 40.1. The Balaban J connectivity index is 1.19. The lowest BCUT2D eigenvalue weighted by molar-refractivity contribution is 0.177. The van der Waals surface area contributed by atoms with Gasteiger partial charge in [-0.05, 0) is 59.8 Å². The lowest BCUT2D eigenvalue weighted by Gasteiger charge is -2.13. The molecule has 0 unspecified atom stereocenters. The summed E-state index contributed by atoms with van der Waals surface area (Å²) < 4.78 is 0. The van der Waals surface area contributed by atoms with Crippen molar-refractivity contribution in [3.05, 3.63) is 156 Å². The number of aromatic nitrogens is 1. The van der Waals surface area contributed by atoms with Crippen molar-refractivity contribution in [2.45, 2.75) is 13.5 Å². The number of phenolic OH excluding ortho intramolecular Hbond substituents is 1. The number of allylic oxidation sites excluding steroid dienone is 2. The molecule has 6 aromatic carbocycles. The van der Waals surface area contributed by atoms with Crippen LogP contribution in [-0.2, 0) is 11.4 Å². The molecule has 0 amide bonds. The fourth-order valence-electron chi connectivity index (χ4n) is 5.52. The van der Waals surface area contributed by atoms with E-state index in [1.807, 2.05) is 97.1 Å². The molecule has 46 heavy (non-hydrogen) atoms. The van der Waals surface area contributed by atoms with Crippen LogP contribution in [0.3, 0.4) is 0 Å². The van der Waals surface area contributed by atoms with Gasteiger partial charge in [-0.3, -0.25) is 10.3 Å². The lowest BCUT2D eigenvalue weighted by Crippen LogP contribution is -2.01. The molecule has 1 aromatic heterocycles. The summed E-state index contributed by atoms with van der Waals surface area (Å²) >= 11 is 0. The number of nitrogens with zero attached hydrogens (tertiary/aromatic N) is 2. The number of aromatic amines is 1. The number of hydrogen-bond acceptors (Lipinski definition) is 5. The van der Waals surface area contributed by atoms with Crippen LogP contribution in [0.25, 0.3) is 44.7 Å². The van der Waals surface area contributed by atoms with Crippen LogP contribution in [-0.4, -0.2) is 10.1 Å². The van der Waals surface area contributed by atoms with Crippen LogP contribution >= 0.6 is 0 Å². The zero-order chi connectivity index (χ0) is 31.3. The minimum Gasteiger partial charge on any atom is -0.505 e. The zero-order valence-electron chi connectivity index (χ0n) is 25.3. The first kappa shape index (κ1) is 28.8. The molecule has 0 spiro atoms. The number of benzene rings is 6. The highest BCUT2D eigenvalue weighted by Gasteiger charge is 2.18. The van der Waals surface area contributed by atoms with Crippen molar-refractivity contribution < 1.29 is 9.94 Å². The second-order valence-electron chi connectivity index (χ2n) is 11.2. The summed E-state index contributed by atoms with van der Waals surface area (Å²) in [4.78, 5) is 9.32. The number of phenols is 1. The summed E-state index contributed by atoms with van der Waals surface area (Å²) in [6.07, 6.45) is 8.18. The number of anilines is 1. The van der Waals surface area contributed by atoms with Crippen LogP contribution in [0.15, 0.2) is 144 Å². The van der Waals surface area contributed by atoms with Crippen molar-refractivity contribution in [1.29, 1.82) is 0 Å². The zero-order valence-corrected chi connectivity index (χ0v) is 25.3. The molecule has 3 N–H and O–H groups in total. The normalized spacial score (nSPS) is 12.0. The Morgan fingerprint density at radius 1 is 0.739 bits per heavy atom. The standard InChI is InChI=1S/C40H32N4O2/c1-27-15-17-28(18-16-27)9-5-6-10-29-19-22-32(23-20-29)42-43-39-37-30(21-24-35-34-13-7-8-14-36(34)41-38(35)37)25-31(40(39)45)26-46-44-33-11-3-2-4-12-33/h2-25,41,44-45H,26H2,1H3. The molecule has 0 aliphatic rings. The van der Waals surface area contributed by atoms with Crippen molar-refractivity contribution in [3.63, 3.8) is 0 Å². The molecule has 0 aliphatic carbocycles. The molecule has 0 radical (unpaired) electrons. The van der Waals surface area contributed by atoms with Gasteiger partial charge in [0.05, 0.1) is 16.9 Å². The summed E-state index contributed by atoms with van der Waals surface area (Å²) in [7, 11) is 0. The van der Waals surface area contributed by atoms with Crippen molar-refractivity contribution in [1.82, 2.24) is 4.98 Å². The Labute approximate surface area is 267 Å². The maximum atomic E-state index is 11.6. The van der Waals surface area contributed by atoms with Gasteiger partial charge in [0, 0.05) is 27.2 Å². The van der Waals surface area contributed by atoms with Gasteiger partial charge in [0.2, 0.25) is 0 Å². The second-order valence-corrected chi connectivity index (χ2v) is 11.2. The van der Waals surface area contributed by atoms with Gasteiger partial charge in [0.25, 0.3) is 0 Å². The van der Waals surface area contributed by atoms with Gasteiger partial charge in [-0.2, -0.15) is 5.11 Å². The number of para-hydroxylation sites is 2. The Kier molecular flexibility index (Phi) is 8.09. The number of aryl methyl sites for hydroxylation is 1. The molecule has 6 heteroatoms. The molecule has 0 saturated heterocycles. The van der Waals surface area contributed by atoms with E-state index in [1.165, 1.54) is 5.56 Å². The van der Waals surface area contributed by atoms with Crippen molar-refractivity contribution in [2.24, 2.45) is 10.2 Å². The first-order chi connectivity index (χ1) is 22.6. The van der Waals surface area contributed by atoms with E-state index >= 15 is 0 Å². The molecule has 0 fully saturated rings. The van der Waals surface area contributed by atoms with Crippen LogP contribution < -0.4 is 5.48 Å². The summed E-state index contributed by atoms with van der Waals surface area (Å²) in [5.41, 5.74) is 10.8. The Morgan fingerprint density at radius 2 is 1.43 bits per heavy atom. The van der Waals surface area contributed by atoms with Crippen molar-refractivity contribution in [3.8, 4) is 5.75 Å². The van der Waals surface area contributed by atoms with Crippen LogP contribution in [0.2, 0.25) is 0 Å². The lowest BCUT2D eigenvalue weighted by atomic mass is 10.0. The monoisotopic (exact) mass is 600 g/mol. The number of fused-ring (bicyclic) bond motifs is 5. The SMILES string of the molecule is Cc1ccc(C=CC=Cc2ccc(N=Nc3c(O)c(CONc4ccccc4)cc4ccc5c6ccccc6[nH]c5c34)cc2)cc1. The van der Waals surface area contributed by atoms with Crippen molar-refractivity contribution in [2.75, 3.05) is 5.48 Å². The van der Waals surface area contributed by atoms with Crippen LogP contribution in [0.5, 0.6) is 5.75 Å². The van der Waals surface area contributed by atoms with E-state index < -0.39 is 0 Å². The summed E-state index contributed by atoms with van der Waals surface area (Å²) in [6.45, 7) is 2.21. The van der Waals surface area contributed by atoms with Gasteiger partial charge >= 0.3 is 0 Å². The predicted octanol–water partition coefficient (Wildman–Crippen LogP) is 11.2. The van der Waals surface area contributed by atoms with Gasteiger partial charge in [0.1, 0.15) is 18.0 Å². The van der Waals surface area contributed by atoms with E-state index in [1.54, 1.807) is 0 Å². The molecule has 0 saturated carbocycles. The van der Waals surface area contributed by atoms with E-state index in [4.69, 9.17) is 4.84 Å². The molecule has 6 nitrogen and oxygen atoms in total. The predicted molar refractivity (Wildman–Crippen MR) is 190 cm³/mol. The highest BCUT2D eigenvalue weighted by Crippen LogP contribution is 2.44. The van der Waals surface area contributed by atoms with Crippen LogP contribution in [0, 0.1) is 6.92 Å². The number of rotatable bonds is 9. The van der Waals surface area contributed by atoms with Gasteiger partial charge in [-0.1, -0.05) is 115 Å². The molecule has 0 bridgehead atoms. The van der Waals surface area contributed by atoms with Gasteiger partial charge in [-0.15, -0.1) is 5.11 Å². The fourth-order valence-corrected chi connectivity index (χ4v) is 5.52. The minimum absolute atomic E-state index is 0.0252. The summed E-state index contributed by atoms with van der Waals surface area (Å²) in [5.74, 6) is 0.0252. The highest BCUT2D eigenvalue weighted by molar-refractivity contribution is 6.20. The van der Waals surface area contributed by atoms with E-state index in [2.05, 4.69) is 76.2 Å². The highest BCUT2D eigenvalue weighted by atomic mass is 16.6. The second kappa shape index (κ2) is 12.9. The third-order valence-corrected chi connectivity index (χ3v) is 7.93. The largest absolute Gasteiger partial charge is 0.505 e. The average molecular weight is 601 g/mol. The minimum atomic E-state index is 0.0252. The van der Waals surface area contributed by atoms with Crippen LogP contribution in [0.1, 0.15) is 22.3 Å².